The van der Waals surface area contributed by atoms with Gasteiger partial charge in [-0.2, -0.15) is 0 Å². The fraction of sp³-hybridized carbons (Fsp3) is 0.333. The van der Waals surface area contributed by atoms with Gasteiger partial charge in [-0.25, -0.2) is 0 Å². The molecule has 0 aliphatic heterocycles. The first-order valence-electron chi connectivity index (χ1n) is 3.57. The maximum Gasteiger partial charge on any atom is 0.0776 e. The van der Waals surface area contributed by atoms with E-state index in [2.05, 4.69) is 43.9 Å². The number of hydrogen-bond acceptors (Lipinski definition) is 0. The Bertz CT molecular complexity index is 196. The van der Waals surface area contributed by atoms with E-state index >= 15 is 0 Å². The largest absolute Gasteiger partial charge is 0.0776 e. The summed E-state index contributed by atoms with van der Waals surface area (Å²) in [7, 11) is -1.06. The van der Waals surface area contributed by atoms with E-state index in [1.807, 2.05) is 6.07 Å². The molecule has 0 spiro atoms. The zero-order valence-corrected chi connectivity index (χ0v) is 7.81. The van der Waals surface area contributed by atoms with Crippen LogP contribution in [0.4, 0.5) is 0 Å². The summed E-state index contributed by atoms with van der Waals surface area (Å²) >= 11 is 0. The van der Waals surface area contributed by atoms with E-state index in [0.717, 1.165) is 0 Å². The van der Waals surface area contributed by atoms with Crippen molar-refractivity contribution in [1.82, 2.24) is 0 Å². The smallest absolute Gasteiger partial charge is 0.0656 e. The summed E-state index contributed by atoms with van der Waals surface area (Å²) in [5, 5.41) is 1.48. The average Bonchev–Trinajstić information content (AvgIpc) is 1.88. The molecule has 0 saturated carbocycles. The Balaban J connectivity index is 2.97. The molecule has 1 radical (unpaired) electrons. The van der Waals surface area contributed by atoms with Crippen molar-refractivity contribution in [1.29, 1.82) is 0 Å². The molecule has 1 aromatic carbocycles. The van der Waals surface area contributed by atoms with Crippen LogP contribution < -0.4 is 5.19 Å². The quantitative estimate of drug-likeness (QED) is 0.536. The zero-order chi connectivity index (χ0) is 7.61. The third kappa shape index (κ3) is 1.71. The van der Waals surface area contributed by atoms with Crippen molar-refractivity contribution in [2.45, 2.75) is 19.6 Å². The van der Waals surface area contributed by atoms with Crippen LogP contribution in [0.25, 0.3) is 0 Å². The van der Waals surface area contributed by atoms with Gasteiger partial charge in [-0.1, -0.05) is 49.1 Å². The Morgan fingerprint density at radius 3 is 2.30 bits per heavy atom. The second-order valence-corrected chi connectivity index (χ2v) is 8.62. The molecule has 0 heterocycles. The summed E-state index contributed by atoms with van der Waals surface area (Å²) in [6.07, 6.45) is 0. The predicted molar refractivity (Wildman–Crippen MR) is 48.3 cm³/mol. The lowest BCUT2D eigenvalue weighted by atomic mass is 10.4. The molecule has 0 amide bonds. The molecule has 10 heavy (non-hydrogen) atoms. The van der Waals surface area contributed by atoms with Crippen molar-refractivity contribution in [2.24, 2.45) is 0 Å². The van der Waals surface area contributed by atoms with Gasteiger partial charge in [-0.05, 0) is 6.07 Å². The van der Waals surface area contributed by atoms with Crippen LogP contribution in [-0.2, 0) is 0 Å². The summed E-state index contributed by atoms with van der Waals surface area (Å²) in [5.74, 6) is 0. The molecule has 0 aromatic heterocycles. The fourth-order valence-corrected chi connectivity index (χ4v) is 1.97. The first-order valence-corrected chi connectivity index (χ1v) is 7.07. The van der Waals surface area contributed by atoms with Gasteiger partial charge >= 0.3 is 0 Å². The van der Waals surface area contributed by atoms with Crippen LogP contribution in [0.5, 0.6) is 0 Å². The van der Waals surface area contributed by atoms with Gasteiger partial charge < -0.3 is 0 Å². The minimum atomic E-state index is -1.06. The molecule has 0 aliphatic carbocycles. The van der Waals surface area contributed by atoms with Gasteiger partial charge in [-0.3, -0.25) is 0 Å². The van der Waals surface area contributed by atoms with Gasteiger partial charge in [0.25, 0.3) is 0 Å². The molecule has 0 unspecified atom stereocenters. The van der Waals surface area contributed by atoms with Crippen molar-refractivity contribution in [3.05, 3.63) is 30.3 Å². The SMILES string of the molecule is C[Si](C)(C)c1c[c]ccc1. The third-order valence-electron chi connectivity index (χ3n) is 1.57. The molecule has 0 atom stereocenters. The highest BCUT2D eigenvalue weighted by molar-refractivity contribution is 6.88. The van der Waals surface area contributed by atoms with Crippen LogP contribution in [0.2, 0.25) is 19.6 Å². The Morgan fingerprint density at radius 1 is 1.30 bits per heavy atom. The van der Waals surface area contributed by atoms with Crippen LogP contribution in [0.3, 0.4) is 0 Å². The molecular weight excluding hydrogens is 136 g/mol. The maximum absolute atomic E-state index is 3.10. The van der Waals surface area contributed by atoms with E-state index in [0.29, 0.717) is 0 Å². The molecule has 0 saturated heterocycles. The average molecular weight is 149 g/mol. The molecule has 1 rings (SSSR count). The summed E-state index contributed by atoms with van der Waals surface area (Å²) in [4.78, 5) is 0. The third-order valence-corrected chi connectivity index (χ3v) is 3.62. The van der Waals surface area contributed by atoms with Crippen molar-refractivity contribution in [3.8, 4) is 0 Å². The standard InChI is InChI=1S/C9H13Si/c1-10(2,3)9-7-5-4-6-8-9/h4-5,7-8H,1-3H3. The Kier molecular flexibility index (Phi) is 1.95. The molecule has 53 valence electrons. The highest BCUT2D eigenvalue weighted by Crippen LogP contribution is 2.00. The van der Waals surface area contributed by atoms with E-state index < -0.39 is 8.07 Å². The maximum atomic E-state index is 3.10. The Hall–Kier alpha value is -0.563. The van der Waals surface area contributed by atoms with Crippen LogP contribution in [0, 0.1) is 6.07 Å². The number of rotatable bonds is 1. The highest BCUT2D eigenvalue weighted by Gasteiger charge is 2.14. The van der Waals surface area contributed by atoms with Crippen LogP contribution in [-0.4, -0.2) is 8.07 Å². The minimum Gasteiger partial charge on any atom is -0.0656 e. The molecule has 1 aromatic rings. The monoisotopic (exact) mass is 149 g/mol. The van der Waals surface area contributed by atoms with E-state index in [1.165, 1.54) is 5.19 Å². The van der Waals surface area contributed by atoms with Gasteiger partial charge in [0.1, 0.15) is 0 Å². The molecule has 1 heteroatoms. The van der Waals surface area contributed by atoms with Crippen molar-refractivity contribution < 1.29 is 0 Å². The predicted octanol–water partition coefficient (Wildman–Crippen LogP) is 2.03. The lowest BCUT2D eigenvalue weighted by Gasteiger charge is -2.15. The molecule has 0 aliphatic rings. The summed E-state index contributed by atoms with van der Waals surface area (Å²) < 4.78 is 0. The highest BCUT2D eigenvalue weighted by atomic mass is 28.3. The normalized spacial score (nSPS) is 11.5. The Labute approximate surface area is 63.9 Å². The first-order chi connectivity index (χ1) is 4.61. The molecule has 0 nitrogen and oxygen atoms in total. The fourth-order valence-electron chi connectivity index (χ4n) is 0.860. The van der Waals surface area contributed by atoms with Gasteiger partial charge in [0.2, 0.25) is 0 Å². The molecular formula is C9H13Si. The van der Waals surface area contributed by atoms with Gasteiger partial charge in [-0.15, -0.1) is 0 Å². The first kappa shape index (κ1) is 7.54. The molecule has 0 N–H and O–H groups in total. The minimum absolute atomic E-state index is 1.06. The lowest BCUT2D eigenvalue weighted by Crippen LogP contribution is -2.37. The van der Waals surface area contributed by atoms with Gasteiger partial charge in [0.15, 0.2) is 0 Å². The topological polar surface area (TPSA) is 0 Å². The van der Waals surface area contributed by atoms with Crippen molar-refractivity contribution in [2.75, 3.05) is 0 Å². The number of benzene rings is 1. The van der Waals surface area contributed by atoms with Crippen LogP contribution >= 0.6 is 0 Å². The van der Waals surface area contributed by atoms with Crippen molar-refractivity contribution >= 4 is 13.3 Å². The van der Waals surface area contributed by atoms with Crippen LogP contribution in [0.1, 0.15) is 0 Å². The second-order valence-electron chi connectivity index (χ2n) is 3.54. The van der Waals surface area contributed by atoms with E-state index in [9.17, 15) is 0 Å². The summed E-state index contributed by atoms with van der Waals surface area (Å²) in [5.41, 5.74) is 0. The van der Waals surface area contributed by atoms with Crippen molar-refractivity contribution in [3.63, 3.8) is 0 Å². The number of hydrogen-bond donors (Lipinski definition) is 0. The van der Waals surface area contributed by atoms with E-state index in [4.69, 9.17) is 0 Å². The summed E-state index contributed by atoms with van der Waals surface area (Å²) in [6, 6.07) is 11.4. The van der Waals surface area contributed by atoms with E-state index in [-0.39, 0.29) is 0 Å². The van der Waals surface area contributed by atoms with Gasteiger partial charge in [0.05, 0.1) is 8.07 Å². The second kappa shape index (κ2) is 2.58. The zero-order valence-electron chi connectivity index (χ0n) is 6.81. The lowest BCUT2D eigenvalue weighted by molar-refractivity contribution is 1.67. The summed E-state index contributed by atoms with van der Waals surface area (Å²) in [6.45, 7) is 7.03. The molecule has 0 bridgehead atoms. The molecule has 0 fully saturated rings. The van der Waals surface area contributed by atoms with Gasteiger partial charge in [0, 0.05) is 0 Å². The Morgan fingerprint density at radius 2 is 2.00 bits per heavy atom. The van der Waals surface area contributed by atoms with Crippen LogP contribution in [0.15, 0.2) is 24.3 Å². The van der Waals surface area contributed by atoms with E-state index in [1.54, 1.807) is 0 Å².